The first-order valence-electron chi connectivity index (χ1n) is 7.28. The number of benzene rings is 1. The Hall–Kier alpha value is -2.82. The van der Waals surface area contributed by atoms with Crippen LogP contribution >= 0.6 is 0 Å². The standard InChI is InChI=1S/C17H18N4O/c1-2-21(14-7-4-3-5-8-14)17-18-11-10-16(20-17)19-13-15-9-6-12-22-15/h3-12H,2,13H2,1H3,(H,18,19,20). The van der Waals surface area contributed by atoms with E-state index < -0.39 is 0 Å². The number of para-hydroxylation sites is 1. The highest BCUT2D eigenvalue weighted by molar-refractivity contribution is 5.58. The van der Waals surface area contributed by atoms with Gasteiger partial charge in [-0.3, -0.25) is 0 Å². The lowest BCUT2D eigenvalue weighted by Crippen LogP contribution is -2.19. The Labute approximate surface area is 129 Å². The Morgan fingerprint density at radius 3 is 2.68 bits per heavy atom. The second kappa shape index (κ2) is 6.76. The van der Waals surface area contributed by atoms with Crippen LogP contribution in [-0.2, 0) is 6.54 Å². The molecule has 3 rings (SSSR count). The summed E-state index contributed by atoms with van der Waals surface area (Å²) < 4.78 is 5.31. The molecule has 2 aromatic heterocycles. The van der Waals surface area contributed by atoms with Crippen LogP contribution < -0.4 is 10.2 Å². The topological polar surface area (TPSA) is 54.2 Å². The minimum atomic E-state index is 0.598. The van der Waals surface area contributed by atoms with E-state index in [0.29, 0.717) is 12.5 Å². The maximum atomic E-state index is 5.31. The van der Waals surface area contributed by atoms with E-state index in [0.717, 1.165) is 23.8 Å². The molecule has 0 saturated heterocycles. The van der Waals surface area contributed by atoms with Crippen LogP contribution in [0.25, 0.3) is 0 Å². The Kier molecular flexibility index (Phi) is 4.34. The molecule has 112 valence electrons. The summed E-state index contributed by atoms with van der Waals surface area (Å²) in [7, 11) is 0. The summed E-state index contributed by atoms with van der Waals surface area (Å²) in [5, 5.41) is 3.25. The minimum Gasteiger partial charge on any atom is -0.467 e. The lowest BCUT2D eigenvalue weighted by Gasteiger charge is -2.21. The molecule has 0 aliphatic carbocycles. The smallest absolute Gasteiger partial charge is 0.231 e. The third-order valence-corrected chi connectivity index (χ3v) is 3.29. The normalized spacial score (nSPS) is 10.4. The first kappa shape index (κ1) is 14.1. The van der Waals surface area contributed by atoms with Crippen molar-refractivity contribution in [1.82, 2.24) is 9.97 Å². The van der Waals surface area contributed by atoms with Gasteiger partial charge in [-0.05, 0) is 37.3 Å². The van der Waals surface area contributed by atoms with E-state index in [9.17, 15) is 0 Å². The molecule has 0 aliphatic rings. The Morgan fingerprint density at radius 2 is 1.95 bits per heavy atom. The molecule has 2 heterocycles. The van der Waals surface area contributed by atoms with E-state index in [1.807, 2.05) is 36.4 Å². The molecule has 0 spiro atoms. The predicted octanol–water partition coefficient (Wildman–Crippen LogP) is 3.84. The van der Waals surface area contributed by atoms with Crippen molar-refractivity contribution in [2.45, 2.75) is 13.5 Å². The molecular weight excluding hydrogens is 276 g/mol. The molecule has 0 saturated carbocycles. The van der Waals surface area contributed by atoms with Crippen LogP contribution in [-0.4, -0.2) is 16.5 Å². The number of anilines is 3. The van der Waals surface area contributed by atoms with E-state index >= 15 is 0 Å². The van der Waals surface area contributed by atoms with Crippen molar-refractivity contribution in [1.29, 1.82) is 0 Å². The molecule has 1 aromatic carbocycles. The summed E-state index contributed by atoms with van der Waals surface area (Å²) in [4.78, 5) is 11.0. The minimum absolute atomic E-state index is 0.598. The van der Waals surface area contributed by atoms with Gasteiger partial charge in [-0.15, -0.1) is 0 Å². The molecule has 1 N–H and O–H groups in total. The van der Waals surface area contributed by atoms with Gasteiger partial charge < -0.3 is 14.6 Å². The van der Waals surface area contributed by atoms with Crippen LogP contribution in [0.15, 0.2) is 65.4 Å². The summed E-state index contributed by atoms with van der Waals surface area (Å²) >= 11 is 0. The maximum Gasteiger partial charge on any atom is 0.231 e. The molecule has 5 heteroatoms. The zero-order valence-corrected chi connectivity index (χ0v) is 12.4. The molecule has 0 fully saturated rings. The molecule has 5 nitrogen and oxygen atoms in total. The highest BCUT2D eigenvalue weighted by Gasteiger charge is 2.10. The van der Waals surface area contributed by atoms with Gasteiger partial charge in [-0.2, -0.15) is 4.98 Å². The van der Waals surface area contributed by atoms with E-state index in [1.165, 1.54) is 0 Å². The lowest BCUT2D eigenvalue weighted by molar-refractivity contribution is 0.518. The van der Waals surface area contributed by atoms with Crippen LogP contribution in [0.5, 0.6) is 0 Å². The number of aromatic nitrogens is 2. The molecule has 3 aromatic rings. The highest BCUT2D eigenvalue weighted by atomic mass is 16.3. The van der Waals surface area contributed by atoms with Crippen LogP contribution in [0.2, 0.25) is 0 Å². The molecule has 0 bridgehead atoms. The first-order valence-corrected chi connectivity index (χ1v) is 7.28. The van der Waals surface area contributed by atoms with Gasteiger partial charge in [-0.1, -0.05) is 18.2 Å². The summed E-state index contributed by atoms with van der Waals surface area (Å²) in [5.41, 5.74) is 1.08. The maximum absolute atomic E-state index is 5.31. The van der Waals surface area contributed by atoms with Crippen LogP contribution in [0.1, 0.15) is 12.7 Å². The monoisotopic (exact) mass is 294 g/mol. The molecular formula is C17H18N4O. The van der Waals surface area contributed by atoms with Gasteiger partial charge in [0.05, 0.1) is 12.8 Å². The third-order valence-electron chi connectivity index (χ3n) is 3.29. The number of nitrogens with one attached hydrogen (secondary N) is 1. The highest BCUT2D eigenvalue weighted by Crippen LogP contribution is 2.22. The number of rotatable bonds is 6. The SMILES string of the molecule is CCN(c1ccccc1)c1nccc(NCc2ccco2)n1. The second-order valence-electron chi connectivity index (χ2n) is 4.75. The second-order valence-corrected chi connectivity index (χ2v) is 4.75. The van der Waals surface area contributed by atoms with E-state index in [1.54, 1.807) is 12.5 Å². The number of nitrogens with zero attached hydrogens (tertiary/aromatic N) is 3. The van der Waals surface area contributed by atoms with Gasteiger partial charge in [0.25, 0.3) is 0 Å². The number of hydrogen-bond donors (Lipinski definition) is 1. The summed E-state index contributed by atoms with van der Waals surface area (Å²) in [6.45, 7) is 3.48. The third kappa shape index (κ3) is 3.25. The fourth-order valence-corrected chi connectivity index (χ4v) is 2.22. The number of hydrogen-bond acceptors (Lipinski definition) is 5. The van der Waals surface area contributed by atoms with Gasteiger partial charge in [0.15, 0.2) is 0 Å². The molecule has 0 aliphatic heterocycles. The molecule has 0 atom stereocenters. The van der Waals surface area contributed by atoms with E-state index in [4.69, 9.17) is 4.42 Å². The van der Waals surface area contributed by atoms with Crippen molar-refractivity contribution in [2.24, 2.45) is 0 Å². The number of furan rings is 1. The molecule has 0 unspecified atom stereocenters. The van der Waals surface area contributed by atoms with Crippen LogP contribution in [0.4, 0.5) is 17.5 Å². The Balaban J connectivity index is 1.77. The van der Waals surface area contributed by atoms with Gasteiger partial charge in [0.1, 0.15) is 11.6 Å². The van der Waals surface area contributed by atoms with Gasteiger partial charge in [0, 0.05) is 18.4 Å². The zero-order chi connectivity index (χ0) is 15.2. The van der Waals surface area contributed by atoms with Crippen molar-refractivity contribution in [3.63, 3.8) is 0 Å². The molecule has 0 radical (unpaired) electrons. The predicted molar refractivity (Wildman–Crippen MR) is 87.2 cm³/mol. The fourth-order valence-electron chi connectivity index (χ4n) is 2.22. The van der Waals surface area contributed by atoms with Crippen molar-refractivity contribution >= 4 is 17.5 Å². The Bertz CT molecular complexity index is 698. The summed E-state index contributed by atoms with van der Waals surface area (Å²) in [5.74, 6) is 2.32. The van der Waals surface area contributed by atoms with Crippen molar-refractivity contribution in [3.8, 4) is 0 Å². The lowest BCUT2D eigenvalue weighted by atomic mass is 10.3. The quantitative estimate of drug-likeness (QED) is 0.748. The molecule has 0 amide bonds. The zero-order valence-electron chi connectivity index (χ0n) is 12.4. The van der Waals surface area contributed by atoms with E-state index in [-0.39, 0.29) is 0 Å². The first-order chi connectivity index (χ1) is 10.9. The van der Waals surface area contributed by atoms with Crippen molar-refractivity contribution < 1.29 is 4.42 Å². The summed E-state index contributed by atoms with van der Waals surface area (Å²) in [6, 6.07) is 15.8. The van der Waals surface area contributed by atoms with Crippen LogP contribution in [0.3, 0.4) is 0 Å². The van der Waals surface area contributed by atoms with Crippen molar-refractivity contribution in [2.75, 3.05) is 16.8 Å². The van der Waals surface area contributed by atoms with Gasteiger partial charge in [0.2, 0.25) is 5.95 Å². The average Bonchev–Trinajstić information content (AvgIpc) is 3.09. The van der Waals surface area contributed by atoms with Gasteiger partial charge in [-0.25, -0.2) is 4.98 Å². The van der Waals surface area contributed by atoms with Crippen LogP contribution in [0, 0.1) is 0 Å². The largest absolute Gasteiger partial charge is 0.467 e. The average molecular weight is 294 g/mol. The molecule has 22 heavy (non-hydrogen) atoms. The Morgan fingerprint density at radius 1 is 1.09 bits per heavy atom. The summed E-state index contributed by atoms with van der Waals surface area (Å²) in [6.07, 6.45) is 3.43. The van der Waals surface area contributed by atoms with Gasteiger partial charge >= 0.3 is 0 Å². The van der Waals surface area contributed by atoms with Crippen molar-refractivity contribution in [3.05, 3.63) is 66.8 Å². The van der Waals surface area contributed by atoms with E-state index in [2.05, 4.69) is 39.2 Å². The fraction of sp³-hybridized carbons (Fsp3) is 0.176.